The number of hydrogen-bond donors (Lipinski definition) is 1. The van der Waals surface area contributed by atoms with Gasteiger partial charge in [-0.2, -0.15) is 0 Å². The van der Waals surface area contributed by atoms with Crippen molar-refractivity contribution < 1.29 is 0 Å². The first-order valence-corrected chi connectivity index (χ1v) is 9.22. The van der Waals surface area contributed by atoms with Crippen LogP contribution in [0.15, 0.2) is 60.9 Å². The van der Waals surface area contributed by atoms with Crippen LogP contribution >= 0.6 is 11.6 Å². The minimum absolute atomic E-state index is 0.465. The van der Waals surface area contributed by atoms with Crippen molar-refractivity contribution in [3.05, 3.63) is 71.5 Å². The van der Waals surface area contributed by atoms with Gasteiger partial charge in [-0.05, 0) is 49.2 Å². The molecule has 1 aliphatic rings. The number of nitrogens with one attached hydrogen (secondary N) is 1. The number of rotatable bonds is 4. The summed E-state index contributed by atoms with van der Waals surface area (Å²) in [6.45, 7) is 3.15. The van der Waals surface area contributed by atoms with Gasteiger partial charge in [0.2, 0.25) is 0 Å². The standard InChI is InChI=1S/C21H22ClN3/c22-18-6-1-4-16(12-18)14-25-11-3-7-19(15-25)24-21-8-2-5-17-13-23-10-9-20(17)21/h1-2,4-6,8-10,12-13,19,24H,3,7,11,14-15H2. The maximum absolute atomic E-state index is 6.12. The van der Waals surface area contributed by atoms with Crippen LogP contribution in [0.25, 0.3) is 10.8 Å². The van der Waals surface area contributed by atoms with Gasteiger partial charge < -0.3 is 5.32 Å². The number of piperidine rings is 1. The summed E-state index contributed by atoms with van der Waals surface area (Å²) in [4.78, 5) is 6.73. The van der Waals surface area contributed by atoms with E-state index < -0.39 is 0 Å². The van der Waals surface area contributed by atoms with Crippen LogP contribution in [-0.4, -0.2) is 29.0 Å². The highest BCUT2D eigenvalue weighted by Crippen LogP contribution is 2.25. The number of pyridine rings is 1. The lowest BCUT2D eigenvalue weighted by atomic mass is 10.0. The topological polar surface area (TPSA) is 28.2 Å². The van der Waals surface area contributed by atoms with Crippen LogP contribution in [0.2, 0.25) is 5.02 Å². The molecular formula is C21H22ClN3. The molecule has 1 aromatic heterocycles. The van der Waals surface area contributed by atoms with E-state index in [9.17, 15) is 0 Å². The van der Waals surface area contributed by atoms with Gasteiger partial charge in [0, 0.05) is 53.0 Å². The Balaban J connectivity index is 1.46. The van der Waals surface area contributed by atoms with Crippen molar-refractivity contribution >= 4 is 28.1 Å². The zero-order valence-corrected chi connectivity index (χ0v) is 14.9. The summed E-state index contributed by atoms with van der Waals surface area (Å²) in [5.41, 5.74) is 2.49. The van der Waals surface area contributed by atoms with E-state index in [2.05, 4.69) is 51.6 Å². The molecule has 1 saturated heterocycles. The van der Waals surface area contributed by atoms with Crippen LogP contribution in [0.1, 0.15) is 18.4 Å². The third kappa shape index (κ3) is 3.94. The minimum atomic E-state index is 0.465. The molecule has 0 amide bonds. The van der Waals surface area contributed by atoms with Crippen molar-refractivity contribution in [2.45, 2.75) is 25.4 Å². The highest BCUT2D eigenvalue weighted by Gasteiger charge is 2.20. The number of halogens is 1. The molecule has 0 spiro atoms. The molecule has 4 heteroatoms. The lowest BCUT2D eigenvalue weighted by Crippen LogP contribution is -2.41. The lowest BCUT2D eigenvalue weighted by Gasteiger charge is -2.34. The smallest absolute Gasteiger partial charge is 0.0423 e. The van der Waals surface area contributed by atoms with Crippen molar-refractivity contribution in [1.82, 2.24) is 9.88 Å². The predicted octanol–water partition coefficient (Wildman–Crippen LogP) is 4.96. The van der Waals surface area contributed by atoms with Crippen molar-refractivity contribution in [3.63, 3.8) is 0 Å². The predicted molar refractivity (Wildman–Crippen MR) is 105 cm³/mol. The van der Waals surface area contributed by atoms with Crippen molar-refractivity contribution in [2.24, 2.45) is 0 Å². The number of nitrogens with zero attached hydrogens (tertiary/aromatic N) is 2. The number of aromatic nitrogens is 1. The van der Waals surface area contributed by atoms with Crippen LogP contribution in [0.4, 0.5) is 5.69 Å². The Bertz CT molecular complexity index is 859. The summed E-state index contributed by atoms with van der Waals surface area (Å²) in [6.07, 6.45) is 6.20. The average Bonchev–Trinajstić information content (AvgIpc) is 2.62. The second-order valence-corrected chi connectivity index (χ2v) is 7.19. The molecule has 0 radical (unpaired) electrons. The second kappa shape index (κ2) is 7.42. The molecule has 0 bridgehead atoms. The van der Waals surface area contributed by atoms with Gasteiger partial charge in [0.25, 0.3) is 0 Å². The Morgan fingerprint density at radius 1 is 1.16 bits per heavy atom. The van der Waals surface area contributed by atoms with Gasteiger partial charge >= 0.3 is 0 Å². The van der Waals surface area contributed by atoms with Gasteiger partial charge in [0.15, 0.2) is 0 Å². The largest absolute Gasteiger partial charge is 0.381 e. The Hall–Kier alpha value is -2.10. The summed E-state index contributed by atoms with van der Waals surface area (Å²) in [5.74, 6) is 0. The molecule has 0 aliphatic carbocycles. The molecule has 0 saturated carbocycles. The van der Waals surface area contributed by atoms with Crippen LogP contribution in [0.5, 0.6) is 0 Å². The van der Waals surface area contributed by atoms with Crippen LogP contribution in [0.3, 0.4) is 0 Å². The maximum Gasteiger partial charge on any atom is 0.0423 e. The Kier molecular flexibility index (Phi) is 4.86. The Labute approximate surface area is 153 Å². The Morgan fingerprint density at radius 3 is 3.00 bits per heavy atom. The number of likely N-dealkylation sites (tertiary alicyclic amines) is 1. The molecule has 1 N–H and O–H groups in total. The summed E-state index contributed by atoms with van der Waals surface area (Å²) >= 11 is 6.12. The first-order chi connectivity index (χ1) is 12.3. The van der Waals surface area contributed by atoms with Gasteiger partial charge in [-0.1, -0.05) is 35.9 Å². The van der Waals surface area contributed by atoms with Gasteiger partial charge in [-0.3, -0.25) is 9.88 Å². The average molecular weight is 352 g/mol. The lowest BCUT2D eigenvalue weighted by molar-refractivity contribution is 0.208. The van der Waals surface area contributed by atoms with Crippen LogP contribution < -0.4 is 5.32 Å². The second-order valence-electron chi connectivity index (χ2n) is 6.75. The third-order valence-corrected chi connectivity index (χ3v) is 5.08. The van der Waals surface area contributed by atoms with E-state index >= 15 is 0 Å². The highest BCUT2D eigenvalue weighted by atomic mass is 35.5. The zero-order valence-electron chi connectivity index (χ0n) is 14.2. The van der Waals surface area contributed by atoms with E-state index in [0.29, 0.717) is 6.04 Å². The molecule has 25 heavy (non-hydrogen) atoms. The first-order valence-electron chi connectivity index (χ1n) is 8.84. The third-order valence-electron chi connectivity index (χ3n) is 4.84. The fourth-order valence-corrected chi connectivity index (χ4v) is 3.89. The quantitative estimate of drug-likeness (QED) is 0.719. The molecule has 1 fully saturated rings. The molecule has 1 aliphatic heterocycles. The monoisotopic (exact) mass is 351 g/mol. The molecule has 3 aromatic rings. The Morgan fingerprint density at radius 2 is 2.08 bits per heavy atom. The fraction of sp³-hybridized carbons (Fsp3) is 0.286. The number of fused-ring (bicyclic) bond motifs is 1. The summed E-state index contributed by atoms with van der Waals surface area (Å²) < 4.78 is 0. The molecule has 2 aromatic carbocycles. The van der Waals surface area contributed by atoms with Gasteiger partial charge in [-0.25, -0.2) is 0 Å². The molecule has 3 nitrogen and oxygen atoms in total. The fourth-order valence-electron chi connectivity index (χ4n) is 3.68. The normalized spacial score (nSPS) is 18.4. The summed E-state index contributed by atoms with van der Waals surface area (Å²) in [7, 11) is 0. The highest BCUT2D eigenvalue weighted by molar-refractivity contribution is 6.30. The van der Waals surface area contributed by atoms with Gasteiger partial charge in [0.1, 0.15) is 0 Å². The number of anilines is 1. The molecule has 1 atom stereocenters. The van der Waals surface area contributed by atoms with E-state index in [1.807, 2.05) is 24.5 Å². The van der Waals surface area contributed by atoms with Crippen molar-refractivity contribution in [2.75, 3.05) is 18.4 Å². The van der Waals surface area contributed by atoms with Gasteiger partial charge in [0.05, 0.1) is 0 Å². The molecule has 4 rings (SSSR count). The number of benzene rings is 2. The summed E-state index contributed by atoms with van der Waals surface area (Å²) in [5, 5.41) is 6.99. The van der Waals surface area contributed by atoms with Crippen molar-refractivity contribution in [3.8, 4) is 0 Å². The molecule has 1 unspecified atom stereocenters. The van der Waals surface area contributed by atoms with Gasteiger partial charge in [-0.15, -0.1) is 0 Å². The van der Waals surface area contributed by atoms with E-state index in [1.54, 1.807) is 0 Å². The molecular weight excluding hydrogens is 330 g/mol. The number of hydrogen-bond acceptors (Lipinski definition) is 3. The maximum atomic E-state index is 6.12. The first kappa shape index (κ1) is 16.4. The SMILES string of the molecule is Clc1cccc(CN2CCCC(Nc3cccc4cnccc34)C2)c1. The van der Waals surface area contributed by atoms with Crippen LogP contribution in [-0.2, 0) is 6.54 Å². The van der Waals surface area contributed by atoms with E-state index in [-0.39, 0.29) is 0 Å². The summed E-state index contributed by atoms with van der Waals surface area (Å²) in [6, 6.07) is 17.1. The zero-order chi connectivity index (χ0) is 17.1. The van der Waals surface area contributed by atoms with E-state index in [4.69, 9.17) is 11.6 Å². The van der Waals surface area contributed by atoms with E-state index in [1.165, 1.54) is 34.9 Å². The molecule has 2 heterocycles. The van der Waals surface area contributed by atoms with Crippen LogP contribution in [0, 0.1) is 0 Å². The van der Waals surface area contributed by atoms with Crippen molar-refractivity contribution in [1.29, 1.82) is 0 Å². The molecule has 128 valence electrons. The van der Waals surface area contributed by atoms with E-state index in [0.717, 1.165) is 24.7 Å². The minimum Gasteiger partial charge on any atom is -0.381 e.